The first-order valence-corrected chi connectivity index (χ1v) is 3.49. The summed E-state index contributed by atoms with van der Waals surface area (Å²) in [6.07, 6.45) is 4.49. The third kappa shape index (κ3) is 2.83. The maximum Gasteiger partial charge on any atom is 0.253 e. The Morgan fingerprint density at radius 2 is 1.64 bits per heavy atom. The highest BCUT2D eigenvalue weighted by molar-refractivity contribution is 5.07. The minimum Gasteiger partial charge on any atom is -0.206 e. The van der Waals surface area contributed by atoms with Gasteiger partial charge in [0.1, 0.15) is 0 Å². The molecule has 0 nitrogen and oxygen atoms in total. The topological polar surface area (TPSA) is 0 Å². The van der Waals surface area contributed by atoms with Gasteiger partial charge in [0, 0.05) is 12.3 Å². The van der Waals surface area contributed by atoms with Crippen LogP contribution >= 0.6 is 0 Å². The van der Waals surface area contributed by atoms with Gasteiger partial charge in [0.2, 0.25) is 0 Å². The zero-order valence-electron chi connectivity index (χ0n) is 7.20. The molecule has 0 aliphatic heterocycles. The van der Waals surface area contributed by atoms with Crippen molar-refractivity contribution < 1.29 is 8.78 Å². The number of hydrogen-bond donors (Lipinski definition) is 0. The quantitative estimate of drug-likeness (QED) is 0.555. The van der Waals surface area contributed by atoms with Crippen LogP contribution in [0.2, 0.25) is 0 Å². The summed E-state index contributed by atoms with van der Waals surface area (Å²) in [6.45, 7) is 7.32. The van der Waals surface area contributed by atoms with Gasteiger partial charge in [0.15, 0.2) is 0 Å². The molecule has 0 bridgehead atoms. The molecule has 0 atom stereocenters. The van der Waals surface area contributed by atoms with E-state index in [4.69, 9.17) is 0 Å². The molecule has 0 amide bonds. The van der Waals surface area contributed by atoms with E-state index in [1.807, 2.05) is 0 Å². The summed E-state index contributed by atoms with van der Waals surface area (Å²) in [5.74, 6) is -2.69. The Morgan fingerprint density at radius 1 is 1.18 bits per heavy atom. The van der Waals surface area contributed by atoms with Crippen molar-refractivity contribution in [3.8, 4) is 0 Å². The molecule has 11 heavy (non-hydrogen) atoms. The molecule has 0 saturated heterocycles. The lowest BCUT2D eigenvalue weighted by molar-refractivity contribution is -0.0633. The molecule has 0 aliphatic carbocycles. The summed E-state index contributed by atoms with van der Waals surface area (Å²) in [4.78, 5) is 0. The highest BCUT2D eigenvalue weighted by Crippen LogP contribution is 2.36. The van der Waals surface area contributed by atoms with Gasteiger partial charge >= 0.3 is 0 Å². The second-order valence-corrected chi connectivity index (χ2v) is 3.20. The first kappa shape index (κ1) is 10.3. The molecule has 0 unspecified atom stereocenters. The Labute approximate surface area is 66.6 Å². The zero-order valence-corrected chi connectivity index (χ0v) is 7.20. The van der Waals surface area contributed by atoms with Crippen LogP contribution in [0, 0.1) is 5.41 Å². The molecule has 0 radical (unpaired) electrons. The van der Waals surface area contributed by atoms with E-state index in [0.717, 1.165) is 6.92 Å². The van der Waals surface area contributed by atoms with Crippen LogP contribution in [0.5, 0.6) is 0 Å². The summed E-state index contributed by atoms with van der Waals surface area (Å²) in [7, 11) is 0. The number of rotatable bonds is 3. The molecule has 0 saturated carbocycles. The van der Waals surface area contributed by atoms with Crippen LogP contribution in [0.3, 0.4) is 0 Å². The van der Waals surface area contributed by atoms with E-state index in [-0.39, 0.29) is 0 Å². The first-order chi connectivity index (χ1) is 4.81. The lowest BCUT2D eigenvalue weighted by Gasteiger charge is -2.27. The molecular weight excluding hydrogens is 146 g/mol. The summed E-state index contributed by atoms with van der Waals surface area (Å²) < 4.78 is 25.5. The highest BCUT2D eigenvalue weighted by atomic mass is 19.3. The molecule has 64 valence electrons. The summed E-state index contributed by atoms with van der Waals surface area (Å²) >= 11 is 0. The van der Waals surface area contributed by atoms with Crippen molar-refractivity contribution in [2.45, 2.75) is 26.7 Å². The predicted molar refractivity (Wildman–Crippen MR) is 43.7 cm³/mol. The third-order valence-electron chi connectivity index (χ3n) is 1.78. The Bertz CT molecular complexity index is 161. The van der Waals surface area contributed by atoms with Gasteiger partial charge in [0.25, 0.3) is 5.92 Å². The van der Waals surface area contributed by atoms with E-state index in [1.54, 1.807) is 0 Å². The Hall–Kier alpha value is -0.660. The number of halogens is 2. The van der Waals surface area contributed by atoms with Gasteiger partial charge in [-0.1, -0.05) is 38.7 Å². The fourth-order valence-corrected chi connectivity index (χ4v) is 0.455. The van der Waals surface area contributed by atoms with Gasteiger partial charge in [-0.25, -0.2) is 8.78 Å². The van der Waals surface area contributed by atoms with Gasteiger partial charge in [-0.3, -0.25) is 0 Å². The first-order valence-electron chi connectivity index (χ1n) is 3.49. The van der Waals surface area contributed by atoms with Crippen LogP contribution in [-0.2, 0) is 0 Å². The standard InChI is InChI=1S/C9H14F2/c1-5-6-7-8(2,3)9(4,10)11/h5-7H,1H2,2-4H3/b7-6-. The summed E-state index contributed by atoms with van der Waals surface area (Å²) in [5.41, 5.74) is -1.10. The summed E-state index contributed by atoms with van der Waals surface area (Å²) in [5, 5.41) is 0. The van der Waals surface area contributed by atoms with E-state index in [2.05, 4.69) is 6.58 Å². The monoisotopic (exact) mass is 160 g/mol. The number of allylic oxidation sites excluding steroid dienone is 3. The number of alkyl halides is 2. The van der Waals surface area contributed by atoms with Crippen molar-refractivity contribution in [3.05, 3.63) is 24.8 Å². The second-order valence-electron chi connectivity index (χ2n) is 3.20. The largest absolute Gasteiger partial charge is 0.253 e. The van der Waals surface area contributed by atoms with Crippen molar-refractivity contribution >= 4 is 0 Å². The molecule has 2 heteroatoms. The van der Waals surface area contributed by atoms with Crippen molar-refractivity contribution in [1.29, 1.82) is 0 Å². The fraction of sp³-hybridized carbons (Fsp3) is 0.556. The predicted octanol–water partition coefficient (Wildman–Crippen LogP) is 3.41. The molecule has 0 heterocycles. The van der Waals surface area contributed by atoms with E-state index < -0.39 is 11.3 Å². The molecule has 0 rings (SSSR count). The normalized spacial score (nSPS) is 13.9. The average molecular weight is 160 g/mol. The van der Waals surface area contributed by atoms with Gasteiger partial charge in [-0.2, -0.15) is 0 Å². The minimum atomic E-state index is -2.69. The van der Waals surface area contributed by atoms with Crippen LogP contribution in [0.4, 0.5) is 8.78 Å². The van der Waals surface area contributed by atoms with Crippen molar-refractivity contribution in [3.63, 3.8) is 0 Å². The van der Waals surface area contributed by atoms with E-state index in [9.17, 15) is 8.78 Å². The van der Waals surface area contributed by atoms with Gasteiger partial charge in [-0.05, 0) is 0 Å². The Morgan fingerprint density at radius 3 is 1.91 bits per heavy atom. The van der Waals surface area contributed by atoms with Gasteiger partial charge in [-0.15, -0.1) is 0 Å². The minimum absolute atomic E-state index is 0.917. The van der Waals surface area contributed by atoms with Crippen molar-refractivity contribution in [2.75, 3.05) is 0 Å². The molecule has 0 aliphatic rings. The van der Waals surface area contributed by atoms with E-state index >= 15 is 0 Å². The van der Waals surface area contributed by atoms with Crippen LogP contribution in [0.25, 0.3) is 0 Å². The van der Waals surface area contributed by atoms with Crippen LogP contribution in [-0.4, -0.2) is 5.92 Å². The Kier molecular flexibility index (Phi) is 2.97. The molecule has 0 aromatic carbocycles. The second kappa shape index (κ2) is 3.16. The van der Waals surface area contributed by atoms with Crippen LogP contribution in [0.15, 0.2) is 24.8 Å². The SMILES string of the molecule is C=C/C=C\C(C)(C)C(C)(F)F. The molecule has 0 aromatic rings. The van der Waals surface area contributed by atoms with Crippen LogP contribution in [0.1, 0.15) is 20.8 Å². The molecular formula is C9H14F2. The highest BCUT2D eigenvalue weighted by Gasteiger charge is 2.39. The van der Waals surface area contributed by atoms with Gasteiger partial charge in [0.05, 0.1) is 0 Å². The maximum atomic E-state index is 12.7. The lowest BCUT2D eigenvalue weighted by atomic mass is 9.86. The molecule has 0 fully saturated rings. The number of hydrogen-bond acceptors (Lipinski definition) is 0. The zero-order chi connectivity index (χ0) is 9.12. The van der Waals surface area contributed by atoms with Crippen molar-refractivity contribution in [2.24, 2.45) is 5.41 Å². The summed E-state index contributed by atoms with van der Waals surface area (Å²) in [6, 6.07) is 0. The van der Waals surface area contributed by atoms with E-state index in [0.29, 0.717) is 0 Å². The molecule has 0 spiro atoms. The Balaban J connectivity index is 4.46. The maximum absolute atomic E-state index is 12.7. The van der Waals surface area contributed by atoms with Crippen LogP contribution < -0.4 is 0 Å². The van der Waals surface area contributed by atoms with Gasteiger partial charge < -0.3 is 0 Å². The third-order valence-corrected chi connectivity index (χ3v) is 1.78. The lowest BCUT2D eigenvalue weighted by Crippen LogP contribution is -2.31. The average Bonchev–Trinajstić information content (AvgIpc) is 1.81. The smallest absolute Gasteiger partial charge is 0.206 e. The fourth-order valence-electron chi connectivity index (χ4n) is 0.455. The molecule has 0 N–H and O–H groups in total. The van der Waals surface area contributed by atoms with E-state index in [1.165, 1.54) is 32.1 Å². The molecule has 0 aromatic heterocycles. The van der Waals surface area contributed by atoms with Crippen molar-refractivity contribution in [1.82, 2.24) is 0 Å².